The fourth-order valence-corrected chi connectivity index (χ4v) is 3.95. The molecule has 0 spiro atoms. The number of anilines is 1. The van der Waals surface area contributed by atoms with Crippen molar-refractivity contribution in [2.24, 2.45) is 0 Å². The Balaban J connectivity index is 1.39. The lowest BCUT2D eigenvalue weighted by atomic mass is 10.2. The van der Waals surface area contributed by atoms with Crippen molar-refractivity contribution in [3.8, 4) is 16.6 Å². The average molecular weight is 457 g/mol. The van der Waals surface area contributed by atoms with Gasteiger partial charge in [-0.1, -0.05) is 13.3 Å². The number of aryl methyl sites for hydroxylation is 1. The summed E-state index contributed by atoms with van der Waals surface area (Å²) in [5.41, 5.74) is 1.74. The Labute approximate surface area is 184 Å². The van der Waals surface area contributed by atoms with E-state index in [0.29, 0.717) is 34.8 Å². The monoisotopic (exact) mass is 456 g/mol. The van der Waals surface area contributed by atoms with Gasteiger partial charge in [0.15, 0.2) is 20.7 Å². The van der Waals surface area contributed by atoms with Crippen LogP contribution in [0.1, 0.15) is 18.9 Å². The van der Waals surface area contributed by atoms with Gasteiger partial charge in [-0.15, -0.1) is 0 Å². The van der Waals surface area contributed by atoms with Crippen LogP contribution in [0.2, 0.25) is 0 Å². The molecule has 1 aliphatic heterocycles. The van der Waals surface area contributed by atoms with Crippen molar-refractivity contribution in [3.63, 3.8) is 0 Å². The summed E-state index contributed by atoms with van der Waals surface area (Å²) in [5.74, 6) is 1.71. The first-order valence-corrected chi connectivity index (χ1v) is 12.2. The van der Waals surface area contributed by atoms with Crippen LogP contribution in [0.3, 0.4) is 0 Å². The minimum atomic E-state index is -3.35. The quantitative estimate of drug-likeness (QED) is 0.529. The summed E-state index contributed by atoms with van der Waals surface area (Å²) in [7, 11) is -3.35. The second kappa shape index (κ2) is 8.90. The van der Waals surface area contributed by atoms with Gasteiger partial charge in [0, 0.05) is 54.7 Å². The highest BCUT2D eigenvalue weighted by Gasteiger charge is 2.15. The molecule has 4 rings (SSSR count). The number of nitrogens with zero attached hydrogens (tertiary/aromatic N) is 6. The molecule has 0 radical (unpaired) electrons. The molecule has 0 N–H and O–H groups in total. The molecule has 11 heteroatoms. The Morgan fingerprint density at radius 2 is 1.97 bits per heavy atom. The van der Waals surface area contributed by atoms with Crippen molar-refractivity contribution in [2.75, 3.05) is 17.7 Å². The predicted molar refractivity (Wildman–Crippen MR) is 117 cm³/mol. The van der Waals surface area contributed by atoms with Gasteiger partial charge in [-0.3, -0.25) is 0 Å². The summed E-state index contributed by atoms with van der Waals surface area (Å²) < 4.78 is 33.1. The molecular weight excluding hydrogens is 436 g/mol. The molecule has 9 nitrogen and oxygen atoms in total. The summed E-state index contributed by atoms with van der Waals surface area (Å²) >= 11 is 1.11. The smallest absolute Gasteiger partial charge is 0.299 e. The third-order valence-electron chi connectivity index (χ3n) is 4.38. The van der Waals surface area contributed by atoms with Crippen LogP contribution in [0, 0.1) is 0 Å². The van der Waals surface area contributed by atoms with E-state index in [1.54, 1.807) is 6.07 Å². The fraction of sp³-hybridized carbons (Fsp3) is 0.250. The highest BCUT2D eigenvalue weighted by atomic mass is 32.2. The molecule has 31 heavy (non-hydrogen) atoms. The highest BCUT2D eigenvalue weighted by molar-refractivity contribution is 7.90. The van der Waals surface area contributed by atoms with Crippen molar-refractivity contribution in [1.29, 1.82) is 0 Å². The molecule has 0 saturated carbocycles. The van der Waals surface area contributed by atoms with Gasteiger partial charge in [0.25, 0.3) is 5.19 Å². The minimum absolute atomic E-state index is 0.00832. The maximum atomic E-state index is 11.5. The van der Waals surface area contributed by atoms with Crippen molar-refractivity contribution in [1.82, 2.24) is 24.3 Å². The Morgan fingerprint density at radius 1 is 1.16 bits per heavy atom. The van der Waals surface area contributed by atoms with E-state index in [0.717, 1.165) is 36.2 Å². The zero-order valence-corrected chi connectivity index (χ0v) is 18.6. The number of sulfone groups is 1. The predicted octanol–water partition coefficient (Wildman–Crippen LogP) is 3.04. The first-order valence-electron chi connectivity index (χ1n) is 9.56. The Hall–Kier alpha value is -3.18. The van der Waals surface area contributed by atoms with E-state index in [1.807, 2.05) is 35.6 Å². The Bertz CT molecular complexity index is 1220. The van der Waals surface area contributed by atoms with Crippen LogP contribution >= 0.6 is 11.5 Å². The molecule has 0 aromatic carbocycles. The van der Waals surface area contributed by atoms with Crippen LogP contribution in [0.25, 0.3) is 11.4 Å². The number of pyridine rings is 1. The first kappa shape index (κ1) is 21.1. The van der Waals surface area contributed by atoms with Crippen LogP contribution in [0.5, 0.6) is 5.19 Å². The molecule has 0 bridgehead atoms. The van der Waals surface area contributed by atoms with Crippen LogP contribution in [-0.4, -0.2) is 45.5 Å². The fourth-order valence-electron chi connectivity index (χ4n) is 2.82. The van der Waals surface area contributed by atoms with Crippen LogP contribution < -0.4 is 9.64 Å². The Kier molecular flexibility index (Phi) is 6.05. The lowest BCUT2D eigenvalue weighted by molar-refractivity contribution is 0.437. The number of ether oxygens (including phenoxy) is 1. The molecule has 160 valence electrons. The summed E-state index contributed by atoms with van der Waals surface area (Å²) in [6.07, 6.45) is 13.9. The number of rotatable bonds is 7. The van der Waals surface area contributed by atoms with E-state index in [-0.39, 0.29) is 5.03 Å². The number of hydrogen-bond acceptors (Lipinski definition) is 10. The second-order valence-corrected chi connectivity index (χ2v) is 9.54. The molecule has 0 fully saturated rings. The molecule has 3 aromatic rings. The van der Waals surface area contributed by atoms with Gasteiger partial charge in [0.05, 0.1) is 0 Å². The van der Waals surface area contributed by atoms with Crippen molar-refractivity contribution < 1.29 is 13.2 Å². The van der Waals surface area contributed by atoms with Gasteiger partial charge < -0.3 is 9.64 Å². The van der Waals surface area contributed by atoms with E-state index in [1.165, 1.54) is 12.3 Å². The summed E-state index contributed by atoms with van der Waals surface area (Å²) in [5, 5.41) is 0.390. The van der Waals surface area contributed by atoms with Crippen LogP contribution in [0.4, 0.5) is 5.95 Å². The molecule has 0 aliphatic carbocycles. The van der Waals surface area contributed by atoms with Gasteiger partial charge in [-0.05, 0) is 36.3 Å². The molecule has 1 aliphatic rings. The molecule has 0 amide bonds. The largest absolute Gasteiger partial charge is 0.430 e. The van der Waals surface area contributed by atoms with Crippen molar-refractivity contribution in [3.05, 3.63) is 60.4 Å². The molecule has 4 heterocycles. The summed E-state index contributed by atoms with van der Waals surface area (Å²) in [6.45, 7) is 2.70. The molecular formula is C20H20N6O3S2. The summed E-state index contributed by atoms with van der Waals surface area (Å²) in [4.78, 5) is 19.1. The van der Waals surface area contributed by atoms with Crippen molar-refractivity contribution >= 4 is 27.3 Å². The maximum absolute atomic E-state index is 11.5. The zero-order valence-electron chi connectivity index (χ0n) is 17.0. The SMILES string of the molecule is CCCc1cnc(N2C=CC(Oc3nc(-c4ccc(S(C)(=O)=O)nc4)ns3)=CC2)nc1. The number of aromatic nitrogens is 5. The van der Waals surface area contributed by atoms with Crippen LogP contribution in [0.15, 0.2) is 59.9 Å². The number of allylic oxidation sites excluding steroid dienone is 1. The maximum Gasteiger partial charge on any atom is 0.299 e. The van der Waals surface area contributed by atoms with E-state index >= 15 is 0 Å². The summed E-state index contributed by atoms with van der Waals surface area (Å²) in [6, 6.07) is 3.06. The van der Waals surface area contributed by atoms with E-state index in [2.05, 4.69) is 31.2 Å². The lowest BCUT2D eigenvalue weighted by Crippen LogP contribution is -2.22. The second-order valence-electron chi connectivity index (χ2n) is 6.86. The van der Waals surface area contributed by atoms with E-state index < -0.39 is 9.84 Å². The average Bonchev–Trinajstić information content (AvgIpc) is 3.23. The zero-order chi connectivity index (χ0) is 21.8. The molecule has 3 aromatic heterocycles. The first-order chi connectivity index (χ1) is 14.9. The lowest BCUT2D eigenvalue weighted by Gasteiger charge is -2.20. The normalized spacial score (nSPS) is 13.9. The van der Waals surface area contributed by atoms with Gasteiger partial charge in [0.1, 0.15) is 5.76 Å². The third-order valence-corrected chi connectivity index (χ3v) is 5.98. The van der Waals surface area contributed by atoms with Gasteiger partial charge in [-0.25, -0.2) is 23.4 Å². The molecule has 0 atom stereocenters. The van der Waals surface area contributed by atoms with Gasteiger partial charge in [-0.2, -0.15) is 9.36 Å². The Morgan fingerprint density at radius 3 is 2.58 bits per heavy atom. The minimum Gasteiger partial charge on any atom is -0.430 e. The van der Waals surface area contributed by atoms with Crippen LogP contribution in [-0.2, 0) is 16.3 Å². The molecule has 0 unspecified atom stereocenters. The third kappa shape index (κ3) is 5.12. The highest BCUT2D eigenvalue weighted by Crippen LogP contribution is 2.25. The standard InChI is InChI=1S/C20H20N6O3S2/c1-3-4-14-11-22-19(23-12-14)26-9-7-16(8-10-26)29-20-24-18(25-30-20)15-5-6-17(21-13-15)31(2,27)28/h5-9,11-13H,3-4,10H2,1-2H3. The van der Waals surface area contributed by atoms with E-state index in [4.69, 9.17) is 4.74 Å². The van der Waals surface area contributed by atoms with E-state index in [9.17, 15) is 8.42 Å². The van der Waals surface area contributed by atoms with Gasteiger partial charge in [0.2, 0.25) is 5.95 Å². The topological polar surface area (TPSA) is 111 Å². The molecule has 0 saturated heterocycles. The van der Waals surface area contributed by atoms with Gasteiger partial charge >= 0.3 is 0 Å². The van der Waals surface area contributed by atoms with Crippen molar-refractivity contribution in [2.45, 2.75) is 24.8 Å². The number of hydrogen-bond donors (Lipinski definition) is 0.